The maximum Gasteiger partial charge on any atom is 0.317 e. The Kier molecular flexibility index (Phi) is 6.21. The first-order valence-electron chi connectivity index (χ1n) is 8.78. The second-order valence-electron chi connectivity index (χ2n) is 6.98. The Hall–Kier alpha value is -1.02. The first-order chi connectivity index (χ1) is 11.6. The Morgan fingerprint density at radius 2 is 2.29 bits per heavy atom. The van der Waals surface area contributed by atoms with Gasteiger partial charge in [0.25, 0.3) is 0 Å². The van der Waals surface area contributed by atoms with Crippen LogP contribution < -0.4 is 0 Å². The van der Waals surface area contributed by atoms with Gasteiger partial charge in [-0.1, -0.05) is 12.8 Å². The lowest BCUT2D eigenvalue weighted by Gasteiger charge is -2.34. The van der Waals surface area contributed by atoms with Gasteiger partial charge in [-0.25, -0.2) is 4.98 Å². The smallest absolute Gasteiger partial charge is 0.317 e. The van der Waals surface area contributed by atoms with E-state index in [1.807, 2.05) is 18.4 Å². The average molecular weight is 353 g/mol. The van der Waals surface area contributed by atoms with Gasteiger partial charge in [0.2, 0.25) is 0 Å². The topological polar surface area (TPSA) is 65.9 Å². The summed E-state index contributed by atoms with van der Waals surface area (Å²) in [4.78, 5) is 19.8. The quantitative estimate of drug-likeness (QED) is 0.809. The lowest BCUT2D eigenvalue weighted by molar-refractivity contribution is -0.138. The van der Waals surface area contributed by atoms with E-state index in [4.69, 9.17) is 14.8 Å². The van der Waals surface area contributed by atoms with Gasteiger partial charge in [0, 0.05) is 37.5 Å². The minimum Gasteiger partial charge on any atom is -0.480 e. The number of ether oxygens (including phenoxy) is 1. The molecule has 0 bridgehead atoms. The highest BCUT2D eigenvalue weighted by atomic mass is 32.1. The zero-order chi connectivity index (χ0) is 16.9. The number of carboxylic acid groups (broad SMARTS) is 1. The predicted molar refractivity (Wildman–Crippen MR) is 93.5 cm³/mol. The molecule has 1 aliphatic heterocycles. The van der Waals surface area contributed by atoms with Gasteiger partial charge in [-0.15, -0.1) is 11.3 Å². The van der Waals surface area contributed by atoms with Crippen molar-refractivity contribution in [1.29, 1.82) is 0 Å². The summed E-state index contributed by atoms with van der Waals surface area (Å²) in [5, 5.41) is 12.4. The van der Waals surface area contributed by atoms with E-state index >= 15 is 0 Å². The summed E-state index contributed by atoms with van der Waals surface area (Å²) in [6.07, 6.45) is 5.34. The van der Waals surface area contributed by atoms with Crippen LogP contribution >= 0.6 is 11.3 Å². The van der Waals surface area contributed by atoms with Crippen molar-refractivity contribution in [2.24, 2.45) is 0 Å². The second kappa shape index (κ2) is 8.38. The van der Waals surface area contributed by atoms with E-state index in [1.165, 1.54) is 36.4 Å². The standard InChI is InChI=1S/C17H27N3O3S/c1-19(11-16(21)22)9-15-10-20(6-7-23-15)8-14-12-24-17(18-14)13-4-2-3-5-13/h12-13,15H,2-11H2,1H3,(H,21,22). The number of rotatable bonds is 7. The maximum atomic E-state index is 10.8. The Labute approximate surface area is 147 Å². The van der Waals surface area contributed by atoms with Gasteiger partial charge in [0.15, 0.2) is 0 Å². The predicted octanol–water partition coefficient (Wildman–Crippen LogP) is 2.02. The average Bonchev–Trinajstić information content (AvgIpc) is 3.17. The van der Waals surface area contributed by atoms with Gasteiger partial charge >= 0.3 is 5.97 Å². The number of carbonyl (C=O) groups is 1. The van der Waals surface area contributed by atoms with Gasteiger partial charge in [-0.3, -0.25) is 14.6 Å². The summed E-state index contributed by atoms with van der Waals surface area (Å²) in [5.74, 6) is -0.113. The number of nitrogens with zero attached hydrogens (tertiary/aromatic N) is 3. The van der Waals surface area contributed by atoms with Crippen LogP contribution in [-0.2, 0) is 16.1 Å². The largest absolute Gasteiger partial charge is 0.480 e. The minimum absolute atomic E-state index is 0.0523. The van der Waals surface area contributed by atoms with E-state index in [9.17, 15) is 4.79 Å². The van der Waals surface area contributed by atoms with Gasteiger partial charge in [-0.2, -0.15) is 0 Å². The molecule has 1 saturated carbocycles. The first kappa shape index (κ1) is 17.8. The van der Waals surface area contributed by atoms with E-state index in [2.05, 4.69) is 10.3 Å². The molecule has 1 N–H and O–H groups in total. The SMILES string of the molecule is CN(CC(=O)O)CC1CN(Cc2csc(C3CCCC3)n2)CCO1. The number of hydrogen-bond donors (Lipinski definition) is 1. The van der Waals surface area contributed by atoms with Crippen molar-refractivity contribution in [3.63, 3.8) is 0 Å². The van der Waals surface area contributed by atoms with Crippen molar-refractivity contribution in [3.05, 3.63) is 16.1 Å². The molecule has 134 valence electrons. The van der Waals surface area contributed by atoms with Crippen molar-refractivity contribution < 1.29 is 14.6 Å². The van der Waals surface area contributed by atoms with E-state index in [0.717, 1.165) is 19.6 Å². The molecule has 1 aromatic heterocycles. The van der Waals surface area contributed by atoms with Crippen molar-refractivity contribution in [1.82, 2.24) is 14.8 Å². The van der Waals surface area contributed by atoms with E-state index < -0.39 is 5.97 Å². The molecule has 3 rings (SSSR count). The highest BCUT2D eigenvalue weighted by Gasteiger charge is 2.24. The number of hydrogen-bond acceptors (Lipinski definition) is 6. The van der Waals surface area contributed by atoms with Crippen molar-refractivity contribution in [3.8, 4) is 0 Å². The molecule has 0 aromatic carbocycles. The normalized spacial score (nSPS) is 23.2. The summed E-state index contributed by atoms with van der Waals surface area (Å²) >= 11 is 1.81. The molecular weight excluding hydrogens is 326 g/mol. The van der Waals surface area contributed by atoms with Crippen LogP contribution in [0, 0.1) is 0 Å². The van der Waals surface area contributed by atoms with Crippen LogP contribution in [0.15, 0.2) is 5.38 Å². The molecule has 6 nitrogen and oxygen atoms in total. The Morgan fingerprint density at radius 3 is 3.04 bits per heavy atom. The zero-order valence-corrected chi connectivity index (χ0v) is 15.1. The third kappa shape index (κ3) is 4.99. The molecule has 2 fully saturated rings. The van der Waals surface area contributed by atoms with Crippen LogP contribution in [0.25, 0.3) is 0 Å². The molecular formula is C17H27N3O3S. The van der Waals surface area contributed by atoms with Crippen LogP contribution in [0.1, 0.15) is 42.3 Å². The van der Waals surface area contributed by atoms with Crippen LogP contribution in [0.5, 0.6) is 0 Å². The van der Waals surface area contributed by atoms with Gasteiger partial charge < -0.3 is 9.84 Å². The third-order valence-electron chi connectivity index (χ3n) is 4.80. The molecule has 0 spiro atoms. The molecule has 0 amide bonds. The molecule has 24 heavy (non-hydrogen) atoms. The van der Waals surface area contributed by atoms with Crippen LogP contribution in [0.2, 0.25) is 0 Å². The fourth-order valence-electron chi connectivity index (χ4n) is 3.66. The highest BCUT2D eigenvalue weighted by molar-refractivity contribution is 7.09. The van der Waals surface area contributed by atoms with Crippen LogP contribution in [-0.4, -0.2) is 71.8 Å². The Balaban J connectivity index is 1.49. The number of likely N-dealkylation sites (N-methyl/N-ethyl adjacent to an activating group) is 1. The second-order valence-corrected chi connectivity index (χ2v) is 7.87. The van der Waals surface area contributed by atoms with Gasteiger partial charge in [-0.05, 0) is 19.9 Å². The minimum atomic E-state index is -0.799. The first-order valence-corrected chi connectivity index (χ1v) is 9.66. The summed E-state index contributed by atoms with van der Waals surface area (Å²) in [6.45, 7) is 4.01. The summed E-state index contributed by atoms with van der Waals surface area (Å²) < 4.78 is 5.79. The molecule has 7 heteroatoms. The number of carboxylic acids is 1. The Morgan fingerprint density at radius 1 is 1.50 bits per heavy atom. The monoisotopic (exact) mass is 353 g/mol. The van der Waals surface area contributed by atoms with Crippen LogP contribution in [0.4, 0.5) is 0 Å². The van der Waals surface area contributed by atoms with Crippen LogP contribution in [0.3, 0.4) is 0 Å². The van der Waals surface area contributed by atoms with E-state index in [0.29, 0.717) is 19.1 Å². The lowest BCUT2D eigenvalue weighted by atomic mass is 10.1. The molecule has 1 aliphatic carbocycles. The van der Waals surface area contributed by atoms with Gasteiger partial charge in [0.1, 0.15) is 0 Å². The molecule has 2 heterocycles. The summed E-state index contributed by atoms with van der Waals surface area (Å²) in [7, 11) is 1.82. The van der Waals surface area contributed by atoms with Crippen molar-refractivity contribution >= 4 is 17.3 Å². The fourth-order valence-corrected chi connectivity index (χ4v) is 4.64. The zero-order valence-electron chi connectivity index (χ0n) is 14.3. The molecule has 0 radical (unpaired) electrons. The third-order valence-corrected chi connectivity index (χ3v) is 5.86. The lowest BCUT2D eigenvalue weighted by Crippen LogP contribution is -2.47. The number of aliphatic carboxylic acids is 1. The maximum absolute atomic E-state index is 10.8. The number of thiazole rings is 1. The Bertz CT molecular complexity index is 545. The summed E-state index contributed by atoms with van der Waals surface area (Å²) in [6, 6.07) is 0. The fraction of sp³-hybridized carbons (Fsp3) is 0.765. The van der Waals surface area contributed by atoms with E-state index in [-0.39, 0.29) is 12.6 Å². The molecule has 1 atom stereocenters. The molecule has 2 aliphatic rings. The van der Waals surface area contributed by atoms with Gasteiger partial charge in [0.05, 0.1) is 30.0 Å². The van der Waals surface area contributed by atoms with Crippen molar-refractivity contribution in [2.45, 2.75) is 44.2 Å². The highest BCUT2D eigenvalue weighted by Crippen LogP contribution is 2.35. The summed E-state index contributed by atoms with van der Waals surface area (Å²) in [5.41, 5.74) is 1.17. The molecule has 1 saturated heterocycles. The number of morpholine rings is 1. The molecule has 1 aromatic rings. The van der Waals surface area contributed by atoms with Crippen molar-refractivity contribution in [2.75, 3.05) is 39.8 Å². The van der Waals surface area contributed by atoms with E-state index in [1.54, 1.807) is 4.90 Å². The molecule has 1 unspecified atom stereocenters. The number of aromatic nitrogens is 1.